The smallest absolute Gasteiger partial charge is 0.136 e. The zero-order chi connectivity index (χ0) is 12.3. The minimum absolute atomic E-state index is 0.173. The summed E-state index contributed by atoms with van der Waals surface area (Å²) in [5.74, 6) is -0.173. The van der Waals surface area contributed by atoms with Crippen LogP contribution < -0.4 is 5.73 Å². The topological polar surface area (TPSA) is 26.0 Å². The fraction of sp³-hybridized carbons (Fsp3) is 0.143. The van der Waals surface area contributed by atoms with Gasteiger partial charge in [-0.15, -0.1) is 11.8 Å². The average molecular weight is 247 g/mol. The first-order chi connectivity index (χ1) is 8.16. The van der Waals surface area contributed by atoms with Gasteiger partial charge in [0.15, 0.2) is 0 Å². The van der Waals surface area contributed by atoms with Crippen LogP contribution in [0.1, 0.15) is 17.7 Å². The second-order valence-electron chi connectivity index (χ2n) is 3.86. The van der Waals surface area contributed by atoms with Crippen LogP contribution in [0.25, 0.3) is 0 Å². The maximum atomic E-state index is 13.5. The highest BCUT2D eigenvalue weighted by molar-refractivity contribution is 7.99. The summed E-state index contributed by atoms with van der Waals surface area (Å²) in [5, 5.41) is 0.176. The van der Waals surface area contributed by atoms with Gasteiger partial charge in [0.1, 0.15) is 5.82 Å². The fourth-order valence-corrected chi connectivity index (χ4v) is 2.61. The van der Waals surface area contributed by atoms with Gasteiger partial charge < -0.3 is 5.73 Å². The van der Waals surface area contributed by atoms with E-state index in [1.54, 1.807) is 12.1 Å². The molecule has 0 spiro atoms. The number of anilines is 1. The number of rotatable bonds is 3. The largest absolute Gasteiger partial charge is 0.399 e. The minimum atomic E-state index is -0.173. The lowest BCUT2D eigenvalue weighted by molar-refractivity contribution is 0.601. The fourth-order valence-electron chi connectivity index (χ4n) is 1.61. The third kappa shape index (κ3) is 3.01. The molecular formula is C14H14FNS. The Hall–Kier alpha value is -1.48. The Labute approximate surface area is 105 Å². The lowest BCUT2D eigenvalue weighted by atomic mass is 10.1. The zero-order valence-electron chi connectivity index (χ0n) is 9.56. The average Bonchev–Trinajstić information content (AvgIpc) is 2.32. The van der Waals surface area contributed by atoms with Crippen LogP contribution in [0, 0.1) is 5.82 Å². The Morgan fingerprint density at radius 2 is 1.88 bits per heavy atom. The Balaban J connectivity index is 2.17. The van der Waals surface area contributed by atoms with E-state index in [9.17, 15) is 4.39 Å². The first-order valence-corrected chi connectivity index (χ1v) is 6.31. The normalized spacial score (nSPS) is 12.4. The van der Waals surface area contributed by atoms with Crippen LogP contribution in [-0.2, 0) is 0 Å². The first-order valence-electron chi connectivity index (χ1n) is 5.43. The Bertz CT molecular complexity index is 513. The quantitative estimate of drug-likeness (QED) is 0.647. The molecule has 0 saturated carbocycles. The molecular weight excluding hydrogens is 233 g/mol. The summed E-state index contributed by atoms with van der Waals surface area (Å²) in [6.07, 6.45) is 0. The number of hydrogen-bond donors (Lipinski definition) is 1. The van der Waals surface area contributed by atoms with Gasteiger partial charge in [-0.2, -0.15) is 0 Å². The Morgan fingerprint density at radius 3 is 2.59 bits per heavy atom. The van der Waals surface area contributed by atoms with Gasteiger partial charge in [0.2, 0.25) is 0 Å². The van der Waals surface area contributed by atoms with E-state index in [0.717, 1.165) is 11.3 Å². The first kappa shape index (κ1) is 12.0. The van der Waals surface area contributed by atoms with Gasteiger partial charge in [-0.1, -0.05) is 24.3 Å². The SMILES string of the molecule is CC(Sc1ccccc1F)c1cccc(N)c1. The van der Waals surface area contributed by atoms with Crippen LogP contribution in [0.3, 0.4) is 0 Å². The van der Waals surface area contributed by atoms with E-state index >= 15 is 0 Å². The van der Waals surface area contributed by atoms with Gasteiger partial charge in [0.05, 0.1) is 0 Å². The number of hydrogen-bond acceptors (Lipinski definition) is 2. The summed E-state index contributed by atoms with van der Waals surface area (Å²) in [4.78, 5) is 0.669. The van der Waals surface area contributed by atoms with E-state index in [1.807, 2.05) is 37.3 Å². The van der Waals surface area contributed by atoms with Crippen LogP contribution in [0.15, 0.2) is 53.4 Å². The summed E-state index contributed by atoms with van der Waals surface area (Å²) >= 11 is 1.50. The summed E-state index contributed by atoms with van der Waals surface area (Å²) in [5.41, 5.74) is 7.59. The van der Waals surface area contributed by atoms with Crippen LogP contribution in [-0.4, -0.2) is 0 Å². The predicted molar refractivity (Wildman–Crippen MR) is 71.5 cm³/mol. The van der Waals surface area contributed by atoms with Crippen molar-refractivity contribution in [2.24, 2.45) is 0 Å². The highest BCUT2D eigenvalue weighted by atomic mass is 32.2. The van der Waals surface area contributed by atoms with E-state index in [-0.39, 0.29) is 11.1 Å². The van der Waals surface area contributed by atoms with Crippen molar-refractivity contribution < 1.29 is 4.39 Å². The highest BCUT2D eigenvalue weighted by Crippen LogP contribution is 2.36. The van der Waals surface area contributed by atoms with Crippen molar-refractivity contribution in [1.82, 2.24) is 0 Å². The number of nitrogen functional groups attached to an aromatic ring is 1. The molecule has 0 aliphatic rings. The number of thioether (sulfide) groups is 1. The zero-order valence-corrected chi connectivity index (χ0v) is 10.4. The summed E-state index contributed by atoms with van der Waals surface area (Å²) in [6, 6.07) is 14.5. The van der Waals surface area contributed by atoms with Crippen LogP contribution in [0.2, 0.25) is 0 Å². The van der Waals surface area contributed by atoms with Crippen molar-refractivity contribution >= 4 is 17.4 Å². The van der Waals surface area contributed by atoms with Gasteiger partial charge in [-0.3, -0.25) is 0 Å². The van der Waals surface area contributed by atoms with Crippen molar-refractivity contribution in [1.29, 1.82) is 0 Å². The minimum Gasteiger partial charge on any atom is -0.399 e. The van der Waals surface area contributed by atoms with E-state index < -0.39 is 0 Å². The van der Waals surface area contributed by atoms with E-state index in [1.165, 1.54) is 17.8 Å². The lowest BCUT2D eigenvalue weighted by Gasteiger charge is -2.12. The van der Waals surface area contributed by atoms with Crippen molar-refractivity contribution in [2.75, 3.05) is 5.73 Å². The summed E-state index contributed by atoms with van der Waals surface area (Å²) in [7, 11) is 0. The molecule has 0 heterocycles. The molecule has 0 saturated heterocycles. The molecule has 0 aromatic heterocycles. The lowest BCUT2D eigenvalue weighted by Crippen LogP contribution is -1.92. The molecule has 0 aliphatic heterocycles. The molecule has 2 rings (SSSR count). The number of benzene rings is 2. The maximum absolute atomic E-state index is 13.5. The van der Waals surface area contributed by atoms with Gasteiger partial charge in [0, 0.05) is 15.8 Å². The highest BCUT2D eigenvalue weighted by Gasteiger charge is 2.10. The Kier molecular flexibility index (Phi) is 3.69. The Morgan fingerprint density at radius 1 is 1.12 bits per heavy atom. The molecule has 1 atom stereocenters. The standard InChI is InChI=1S/C14H14FNS/c1-10(11-5-4-6-12(16)9-11)17-14-8-3-2-7-13(14)15/h2-10H,16H2,1H3. The van der Waals surface area contributed by atoms with Crippen molar-refractivity contribution in [2.45, 2.75) is 17.1 Å². The van der Waals surface area contributed by atoms with Crippen LogP contribution in [0.4, 0.5) is 10.1 Å². The summed E-state index contributed by atoms with van der Waals surface area (Å²) in [6.45, 7) is 2.05. The van der Waals surface area contributed by atoms with Gasteiger partial charge in [-0.25, -0.2) is 4.39 Å². The molecule has 2 N–H and O–H groups in total. The van der Waals surface area contributed by atoms with Crippen LogP contribution in [0.5, 0.6) is 0 Å². The molecule has 3 heteroatoms. The molecule has 1 unspecified atom stereocenters. The molecule has 2 aromatic rings. The van der Waals surface area contributed by atoms with Gasteiger partial charge in [0.25, 0.3) is 0 Å². The molecule has 17 heavy (non-hydrogen) atoms. The van der Waals surface area contributed by atoms with Gasteiger partial charge in [-0.05, 0) is 36.8 Å². The van der Waals surface area contributed by atoms with E-state index in [0.29, 0.717) is 4.90 Å². The molecule has 0 radical (unpaired) electrons. The van der Waals surface area contributed by atoms with Gasteiger partial charge >= 0.3 is 0 Å². The van der Waals surface area contributed by atoms with Crippen LogP contribution >= 0.6 is 11.8 Å². The second kappa shape index (κ2) is 5.23. The van der Waals surface area contributed by atoms with E-state index in [2.05, 4.69) is 0 Å². The molecule has 1 nitrogen and oxygen atoms in total. The second-order valence-corrected chi connectivity index (χ2v) is 5.24. The number of nitrogens with two attached hydrogens (primary N) is 1. The molecule has 0 fully saturated rings. The molecule has 2 aromatic carbocycles. The third-order valence-electron chi connectivity index (χ3n) is 2.52. The monoisotopic (exact) mass is 247 g/mol. The number of halogens is 1. The molecule has 0 amide bonds. The maximum Gasteiger partial charge on any atom is 0.136 e. The van der Waals surface area contributed by atoms with Crippen molar-refractivity contribution in [3.63, 3.8) is 0 Å². The predicted octanol–water partition coefficient (Wildman–Crippen LogP) is 4.26. The third-order valence-corrected chi connectivity index (χ3v) is 3.73. The van der Waals surface area contributed by atoms with Crippen molar-refractivity contribution in [3.05, 3.63) is 59.9 Å². The van der Waals surface area contributed by atoms with E-state index in [4.69, 9.17) is 5.73 Å². The molecule has 0 bridgehead atoms. The summed E-state index contributed by atoms with van der Waals surface area (Å²) < 4.78 is 13.5. The van der Waals surface area contributed by atoms with Crippen molar-refractivity contribution in [3.8, 4) is 0 Å². The molecule has 88 valence electrons. The molecule has 0 aliphatic carbocycles.